The van der Waals surface area contributed by atoms with Crippen LogP contribution in [0.5, 0.6) is 0 Å². The molecule has 0 saturated carbocycles. The lowest BCUT2D eigenvalue weighted by molar-refractivity contribution is 0.675. The first kappa shape index (κ1) is 32.9. The van der Waals surface area contributed by atoms with E-state index in [1.165, 1.54) is 0 Å². The Labute approximate surface area is 337 Å². The molecule has 4 aromatic heterocycles. The minimum absolute atomic E-state index is 0.481. The SMILES string of the molecule is N#Cc1cc(-c2nc(-c3ccccc3)nc(-c3ccccc3)n2)ccc1-n1c2ccccc2c2ccc3c4ccc5c(c6ccccc6n5-c5ccccc5)c4oc3c21. The molecule has 12 rings (SSSR count). The second kappa shape index (κ2) is 12.8. The third-order valence-corrected chi connectivity index (χ3v) is 11.4. The summed E-state index contributed by atoms with van der Waals surface area (Å²) in [6.07, 6.45) is 0. The van der Waals surface area contributed by atoms with E-state index >= 15 is 0 Å². The van der Waals surface area contributed by atoms with Gasteiger partial charge in [0.1, 0.15) is 11.7 Å². The van der Waals surface area contributed by atoms with Crippen LogP contribution in [0.4, 0.5) is 0 Å². The number of hydrogen-bond donors (Lipinski definition) is 0. The number of rotatable bonds is 5. The van der Waals surface area contributed by atoms with Crippen molar-refractivity contribution in [3.05, 3.63) is 188 Å². The van der Waals surface area contributed by atoms with E-state index < -0.39 is 0 Å². The topological polar surface area (TPSA) is 85.5 Å². The molecule has 0 aliphatic carbocycles. The van der Waals surface area contributed by atoms with Crippen molar-refractivity contribution in [2.75, 3.05) is 0 Å². The molecule has 0 bridgehead atoms. The van der Waals surface area contributed by atoms with Crippen molar-refractivity contribution in [1.82, 2.24) is 24.1 Å². The van der Waals surface area contributed by atoms with E-state index in [-0.39, 0.29) is 0 Å². The Hall–Kier alpha value is -8.34. The van der Waals surface area contributed by atoms with E-state index in [4.69, 9.17) is 19.4 Å². The van der Waals surface area contributed by atoms with Gasteiger partial charge in [-0.1, -0.05) is 121 Å². The standard InChI is InChI=1S/C52H30N6O/c53-31-35-30-34(52-55-50(32-14-4-1-5-15-32)54-51(56-52)33-16-6-2-7-17-33)24-28-42(35)58-43-22-12-10-20-37(43)38-25-26-40-39-27-29-45-46(48(39)59-49(40)47(38)58)41-21-11-13-23-44(41)57(45)36-18-8-3-9-19-36/h1-30H. The minimum atomic E-state index is 0.481. The fourth-order valence-corrected chi connectivity index (χ4v) is 8.79. The highest BCUT2D eigenvalue weighted by molar-refractivity contribution is 6.27. The fraction of sp³-hybridized carbons (Fsp3) is 0. The smallest absolute Gasteiger partial charge is 0.164 e. The summed E-state index contributed by atoms with van der Waals surface area (Å²) in [5.41, 5.74) is 10.5. The van der Waals surface area contributed by atoms with Crippen molar-refractivity contribution in [1.29, 1.82) is 5.26 Å². The molecule has 59 heavy (non-hydrogen) atoms. The van der Waals surface area contributed by atoms with Gasteiger partial charge in [0, 0.05) is 49.3 Å². The summed E-state index contributed by atoms with van der Waals surface area (Å²) in [6, 6.07) is 64.3. The lowest BCUT2D eigenvalue weighted by atomic mass is 10.1. The summed E-state index contributed by atoms with van der Waals surface area (Å²) >= 11 is 0. The van der Waals surface area contributed by atoms with Gasteiger partial charge in [0.05, 0.1) is 38.7 Å². The molecule has 12 aromatic rings. The highest BCUT2D eigenvalue weighted by atomic mass is 16.3. The lowest BCUT2D eigenvalue weighted by Gasteiger charge is -2.12. The van der Waals surface area contributed by atoms with Crippen LogP contribution in [0.2, 0.25) is 0 Å². The monoisotopic (exact) mass is 754 g/mol. The van der Waals surface area contributed by atoms with Crippen LogP contribution in [0.25, 0.3) is 111 Å². The summed E-state index contributed by atoms with van der Waals surface area (Å²) < 4.78 is 11.7. The van der Waals surface area contributed by atoms with Crippen molar-refractivity contribution < 1.29 is 4.42 Å². The maximum absolute atomic E-state index is 10.9. The lowest BCUT2D eigenvalue weighted by Crippen LogP contribution is -2.02. The maximum Gasteiger partial charge on any atom is 0.164 e. The molecule has 4 heterocycles. The number of hydrogen-bond acceptors (Lipinski definition) is 5. The van der Waals surface area contributed by atoms with Crippen LogP contribution >= 0.6 is 0 Å². The quantitative estimate of drug-likeness (QED) is 0.175. The van der Waals surface area contributed by atoms with Gasteiger partial charge in [0.25, 0.3) is 0 Å². The third-order valence-electron chi connectivity index (χ3n) is 11.4. The minimum Gasteiger partial charge on any atom is -0.453 e. The van der Waals surface area contributed by atoms with E-state index in [0.717, 1.165) is 88.1 Å². The van der Waals surface area contributed by atoms with Gasteiger partial charge < -0.3 is 13.6 Å². The van der Waals surface area contributed by atoms with E-state index in [1.54, 1.807) is 0 Å². The molecule has 0 radical (unpaired) electrons. The molecule has 0 N–H and O–H groups in total. The highest BCUT2D eigenvalue weighted by Gasteiger charge is 2.24. The van der Waals surface area contributed by atoms with Crippen LogP contribution in [0, 0.1) is 11.3 Å². The number of fused-ring (bicyclic) bond motifs is 11. The Kier molecular flexibility index (Phi) is 7.16. The zero-order chi connectivity index (χ0) is 39.0. The maximum atomic E-state index is 10.9. The predicted octanol–water partition coefficient (Wildman–Crippen LogP) is 12.8. The summed E-state index contributed by atoms with van der Waals surface area (Å²) in [7, 11) is 0. The average Bonchev–Trinajstić information content (AvgIpc) is 3.97. The van der Waals surface area contributed by atoms with Gasteiger partial charge in [0.15, 0.2) is 23.1 Å². The Morgan fingerprint density at radius 2 is 0.966 bits per heavy atom. The Morgan fingerprint density at radius 3 is 1.64 bits per heavy atom. The Balaban J connectivity index is 1.10. The normalized spacial score (nSPS) is 11.7. The molecule has 0 amide bonds. The number of benzene rings is 8. The molecule has 0 spiro atoms. The number of furan rings is 1. The molecule has 0 aliphatic rings. The van der Waals surface area contributed by atoms with Crippen molar-refractivity contribution in [3.63, 3.8) is 0 Å². The van der Waals surface area contributed by atoms with Gasteiger partial charge >= 0.3 is 0 Å². The fourth-order valence-electron chi connectivity index (χ4n) is 8.79. The molecule has 0 fully saturated rings. The van der Waals surface area contributed by atoms with Crippen LogP contribution in [0.1, 0.15) is 5.56 Å². The third kappa shape index (κ3) is 4.97. The summed E-state index contributed by atoms with van der Waals surface area (Å²) in [4.78, 5) is 14.8. The van der Waals surface area contributed by atoms with E-state index in [2.05, 4.69) is 106 Å². The molecular weight excluding hydrogens is 725 g/mol. The Bertz CT molecular complexity index is 3610. The second-order valence-electron chi connectivity index (χ2n) is 14.7. The van der Waals surface area contributed by atoms with Crippen molar-refractivity contribution in [3.8, 4) is 51.6 Å². The molecule has 7 heteroatoms. The molecule has 0 unspecified atom stereocenters. The number of aromatic nitrogens is 5. The predicted molar refractivity (Wildman–Crippen MR) is 237 cm³/mol. The molecule has 0 atom stereocenters. The van der Waals surface area contributed by atoms with E-state index in [9.17, 15) is 5.26 Å². The summed E-state index contributed by atoms with van der Waals surface area (Å²) in [5, 5.41) is 17.3. The molecule has 0 aliphatic heterocycles. The molecular formula is C52H30N6O. The van der Waals surface area contributed by atoms with Gasteiger partial charge in [-0.25, -0.2) is 15.0 Å². The zero-order valence-corrected chi connectivity index (χ0v) is 31.4. The Morgan fingerprint density at radius 1 is 0.424 bits per heavy atom. The van der Waals surface area contributed by atoms with Gasteiger partial charge in [-0.2, -0.15) is 5.26 Å². The van der Waals surface area contributed by atoms with Crippen LogP contribution in [0.3, 0.4) is 0 Å². The second-order valence-corrected chi connectivity index (χ2v) is 14.7. The largest absolute Gasteiger partial charge is 0.453 e. The van der Waals surface area contributed by atoms with Crippen LogP contribution < -0.4 is 0 Å². The summed E-state index contributed by atoms with van der Waals surface area (Å²) in [5.74, 6) is 1.61. The van der Waals surface area contributed by atoms with Crippen LogP contribution in [0.15, 0.2) is 186 Å². The van der Waals surface area contributed by atoms with E-state index in [0.29, 0.717) is 28.6 Å². The van der Waals surface area contributed by atoms with Crippen molar-refractivity contribution in [2.24, 2.45) is 0 Å². The first-order valence-electron chi connectivity index (χ1n) is 19.5. The number of nitriles is 1. The highest BCUT2D eigenvalue weighted by Crippen LogP contribution is 2.45. The van der Waals surface area contributed by atoms with Crippen LogP contribution in [-0.2, 0) is 0 Å². The zero-order valence-electron chi connectivity index (χ0n) is 31.4. The van der Waals surface area contributed by atoms with Gasteiger partial charge in [0.2, 0.25) is 0 Å². The average molecular weight is 755 g/mol. The summed E-state index contributed by atoms with van der Waals surface area (Å²) in [6.45, 7) is 0. The first-order chi connectivity index (χ1) is 29.2. The molecule has 274 valence electrons. The van der Waals surface area contributed by atoms with Gasteiger partial charge in [-0.3, -0.25) is 0 Å². The molecule has 8 aromatic carbocycles. The van der Waals surface area contributed by atoms with Crippen LogP contribution in [-0.4, -0.2) is 24.1 Å². The molecule has 7 nitrogen and oxygen atoms in total. The van der Waals surface area contributed by atoms with Gasteiger partial charge in [-0.05, 0) is 60.7 Å². The van der Waals surface area contributed by atoms with E-state index in [1.807, 2.05) is 91.0 Å². The number of para-hydroxylation sites is 3. The van der Waals surface area contributed by atoms with Crippen molar-refractivity contribution >= 4 is 65.6 Å². The molecule has 0 saturated heterocycles. The number of nitrogens with zero attached hydrogens (tertiary/aromatic N) is 6. The van der Waals surface area contributed by atoms with Crippen molar-refractivity contribution in [2.45, 2.75) is 0 Å². The van der Waals surface area contributed by atoms with Gasteiger partial charge in [-0.15, -0.1) is 0 Å². The first-order valence-corrected chi connectivity index (χ1v) is 19.5.